The summed E-state index contributed by atoms with van der Waals surface area (Å²) < 4.78 is 0. The van der Waals surface area contributed by atoms with Gasteiger partial charge in [0.15, 0.2) is 11.8 Å². The summed E-state index contributed by atoms with van der Waals surface area (Å²) in [5.41, 5.74) is 1.17. The van der Waals surface area contributed by atoms with Gasteiger partial charge in [0.05, 0.1) is 5.56 Å². The van der Waals surface area contributed by atoms with E-state index in [0.29, 0.717) is 0 Å². The predicted molar refractivity (Wildman–Crippen MR) is 105 cm³/mol. The number of benzene rings is 1. The van der Waals surface area contributed by atoms with Crippen LogP contribution in [0.5, 0.6) is 0 Å². The van der Waals surface area contributed by atoms with Gasteiger partial charge in [-0.25, -0.2) is 4.79 Å². The van der Waals surface area contributed by atoms with Crippen molar-refractivity contribution < 1.29 is 24.3 Å². The highest BCUT2D eigenvalue weighted by Gasteiger charge is 2.31. The van der Waals surface area contributed by atoms with Crippen LogP contribution in [-0.2, 0) is 27.3 Å². The van der Waals surface area contributed by atoms with Gasteiger partial charge in [0.25, 0.3) is 17.7 Å². The first-order valence-electron chi connectivity index (χ1n) is 8.85. The van der Waals surface area contributed by atoms with E-state index in [9.17, 15) is 19.2 Å². The number of nitrogens with zero attached hydrogens (tertiary/aromatic N) is 2. The number of hydrogen-bond acceptors (Lipinski definition) is 5. The zero-order chi connectivity index (χ0) is 21.5. The average Bonchev–Trinajstić information content (AvgIpc) is 2.75. The van der Waals surface area contributed by atoms with Crippen LogP contribution in [0.15, 0.2) is 53.8 Å². The number of carboxylic acid groups (broad SMARTS) is 1. The van der Waals surface area contributed by atoms with Gasteiger partial charge in [0.1, 0.15) is 0 Å². The van der Waals surface area contributed by atoms with E-state index >= 15 is 0 Å². The highest BCUT2D eigenvalue weighted by molar-refractivity contribution is 6.66. The van der Waals surface area contributed by atoms with Crippen molar-refractivity contribution in [2.75, 3.05) is 0 Å². The van der Waals surface area contributed by atoms with Gasteiger partial charge < -0.3 is 15.7 Å². The number of aromatic nitrogens is 1. The molecule has 3 amide bonds. The largest absolute Gasteiger partial charge is 0.478 e. The highest BCUT2D eigenvalue weighted by Crippen LogP contribution is 2.05. The average molecular weight is 404 g/mol. The summed E-state index contributed by atoms with van der Waals surface area (Å²) in [5.74, 6) is 2.05. The lowest BCUT2D eigenvalue weighted by atomic mass is 10.1. The van der Waals surface area contributed by atoms with E-state index in [1.165, 1.54) is 12.1 Å². The van der Waals surface area contributed by atoms with Crippen molar-refractivity contribution in [3.05, 3.63) is 65.5 Å². The van der Waals surface area contributed by atoms with E-state index in [-0.39, 0.29) is 18.5 Å². The summed E-state index contributed by atoms with van der Waals surface area (Å²) in [6.07, 6.45) is 3.39. The molecule has 0 fully saturated rings. The van der Waals surface area contributed by atoms with Gasteiger partial charge in [-0.3, -0.25) is 19.4 Å². The maximum Gasteiger partial charge on any atom is 0.335 e. The summed E-state index contributed by atoms with van der Waals surface area (Å²) in [4.78, 5) is 54.7. The van der Waals surface area contributed by atoms with Crippen molar-refractivity contribution in [2.45, 2.75) is 19.0 Å². The zero-order valence-corrected chi connectivity index (χ0v) is 15.6. The Hall–Kier alpha value is -4.32. The molecular formula is C21H16N4O5. The van der Waals surface area contributed by atoms with Crippen molar-refractivity contribution >= 4 is 29.4 Å². The molecular weight excluding hydrogens is 388 g/mol. The molecule has 1 unspecified atom stereocenters. The maximum atomic E-state index is 12.2. The molecule has 1 aromatic heterocycles. The topological polar surface area (TPSA) is 138 Å². The Morgan fingerprint density at radius 1 is 1.07 bits per heavy atom. The lowest BCUT2D eigenvalue weighted by molar-refractivity contribution is -0.126. The second kappa shape index (κ2) is 9.25. The summed E-state index contributed by atoms with van der Waals surface area (Å²) in [7, 11) is 0. The molecule has 1 aliphatic rings. The number of pyridine rings is 1. The van der Waals surface area contributed by atoms with E-state index in [1.807, 2.05) is 0 Å². The smallest absolute Gasteiger partial charge is 0.335 e. The number of amides is 3. The van der Waals surface area contributed by atoms with Gasteiger partial charge in [-0.05, 0) is 35.4 Å². The number of nitrogens with one attached hydrogen (secondary N) is 2. The third-order valence-electron chi connectivity index (χ3n) is 4.12. The van der Waals surface area contributed by atoms with Gasteiger partial charge in [-0.15, -0.1) is 0 Å². The van der Waals surface area contributed by atoms with Gasteiger partial charge in [0.2, 0.25) is 0 Å². The molecule has 0 spiro atoms. The summed E-state index contributed by atoms with van der Waals surface area (Å²) in [5, 5.41) is 13.8. The molecule has 3 N–H and O–H groups in total. The van der Waals surface area contributed by atoms with E-state index in [1.54, 1.807) is 36.7 Å². The molecule has 1 aromatic carbocycles. The fraction of sp³-hybridized carbons (Fsp3) is 0.143. The first-order valence-corrected chi connectivity index (χ1v) is 8.85. The van der Waals surface area contributed by atoms with Crippen LogP contribution in [0.25, 0.3) is 0 Å². The van der Waals surface area contributed by atoms with E-state index in [2.05, 4.69) is 32.5 Å². The summed E-state index contributed by atoms with van der Waals surface area (Å²) >= 11 is 0. The van der Waals surface area contributed by atoms with Gasteiger partial charge in [-0.1, -0.05) is 24.0 Å². The Balaban J connectivity index is 1.59. The second-order valence-electron chi connectivity index (χ2n) is 6.24. The maximum absolute atomic E-state index is 12.2. The van der Waals surface area contributed by atoms with Crippen LogP contribution in [0.1, 0.15) is 21.5 Å². The molecule has 0 radical (unpaired) electrons. The summed E-state index contributed by atoms with van der Waals surface area (Å²) in [6.45, 7) is 0.158. The van der Waals surface area contributed by atoms with Gasteiger partial charge in [-0.2, -0.15) is 4.99 Å². The third kappa shape index (κ3) is 5.14. The highest BCUT2D eigenvalue weighted by atomic mass is 16.4. The molecule has 9 nitrogen and oxygen atoms in total. The quantitative estimate of drug-likeness (QED) is 0.605. The third-order valence-corrected chi connectivity index (χ3v) is 4.12. The van der Waals surface area contributed by atoms with Gasteiger partial charge >= 0.3 is 5.97 Å². The first-order chi connectivity index (χ1) is 14.4. The Kier molecular flexibility index (Phi) is 6.29. The van der Waals surface area contributed by atoms with E-state index < -0.39 is 35.4 Å². The van der Waals surface area contributed by atoms with Crippen molar-refractivity contribution in [3.8, 4) is 11.8 Å². The molecule has 0 saturated heterocycles. The molecule has 2 heterocycles. The minimum Gasteiger partial charge on any atom is -0.478 e. The van der Waals surface area contributed by atoms with Crippen molar-refractivity contribution in [1.29, 1.82) is 0 Å². The fourth-order valence-corrected chi connectivity index (χ4v) is 2.53. The number of carbonyl (C=O) groups excluding carboxylic acids is 3. The first kappa shape index (κ1) is 20.4. The summed E-state index contributed by atoms with van der Waals surface area (Å²) in [6, 6.07) is 8.39. The molecule has 1 aliphatic heterocycles. The molecule has 9 heteroatoms. The Morgan fingerprint density at radius 3 is 2.43 bits per heavy atom. The SMILES string of the molecule is O=C(NCc1ccncc1)C1=NC(=O)C(C#CCc2ccc(C(=O)O)cc2)NC1=O. The number of aliphatic imine (C=N–C) groups is 1. The number of hydrogen-bond donors (Lipinski definition) is 3. The van der Waals surface area contributed by atoms with E-state index in [0.717, 1.165) is 11.1 Å². The molecule has 2 aromatic rings. The van der Waals surface area contributed by atoms with E-state index in [4.69, 9.17) is 5.11 Å². The second-order valence-corrected chi connectivity index (χ2v) is 6.24. The van der Waals surface area contributed by atoms with Crippen LogP contribution < -0.4 is 10.6 Å². The Bertz CT molecular complexity index is 1080. The molecule has 0 saturated carbocycles. The van der Waals surface area contributed by atoms with Crippen LogP contribution >= 0.6 is 0 Å². The van der Waals surface area contributed by atoms with Crippen molar-refractivity contribution in [1.82, 2.24) is 15.6 Å². The lowest BCUT2D eigenvalue weighted by Gasteiger charge is -2.16. The minimum absolute atomic E-state index is 0.158. The fourth-order valence-electron chi connectivity index (χ4n) is 2.53. The molecule has 150 valence electrons. The van der Waals surface area contributed by atoms with Crippen LogP contribution in [0.4, 0.5) is 0 Å². The molecule has 0 aliphatic carbocycles. The monoisotopic (exact) mass is 404 g/mol. The molecule has 1 atom stereocenters. The lowest BCUT2D eigenvalue weighted by Crippen LogP contribution is -2.52. The molecule has 3 rings (SSSR count). The van der Waals surface area contributed by atoms with Crippen molar-refractivity contribution in [3.63, 3.8) is 0 Å². The number of carbonyl (C=O) groups is 4. The van der Waals surface area contributed by atoms with Crippen LogP contribution in [-0.4, -0.2) is 45.5 Å². The number of aromatic carboxylic acids is 1. The number of carboxylic acids is 1. The van der Waals surface area contributed by atoms with Gasteiger partial charge in [0, 0.05) is 25.4 Å². The Labute approximate surface area is 171 Å². The Morgan fingerprint density at radius 2 is 1.77 bits per heavy atom. The minimum atomic E-state index is -1.15. The number of rotatable bonds is 5. The molecule has 30 heavy (non-hydrogen) atoms. The van der Waals surface area contributed by atoms with Crippen molar-refractivity contribution in [2.24, 2.45) is 4.99 Å². The molecule has 0 bridgehead atoms. The van der Waals surface area contributed by atoms with Crippen LogP contribution in [0.2, 0.25) is 0 Å². The standard InChI is InChI=1S/C21H16N4O5/c26-18-16(3-1-2-13-4-6-15(7-5-13)21(29)30)24-20(28)17(25-18)19(27)23-12-14-8-10-22-11-9-14/h4-11,16H,2,12H2,(H,23,27)(H,24,28)(H,29,30). The van der Waals surface area contributed by atoms with Crippen LogP contribution in [0, 0.1) is 11.8 Å². The zero-order valence-electron chi connectivity index (χ0n) is 15.6. The predicted octanol–water partition coefficient (Wildman–Crippen LogP) is 0.108. The van der Waals surface area contributed by atoms with Crippen LogP contribution in [0.3, 0.4) is 0 Å². The normalized spacial score (nSPS) is 15.3.